The molecule has 0 radical (unpaired) electrons. The summed E-state index contributed by atoms with van der Waals surface area (Å²) in [4.78, 5) is 23.9. The highest BCUT2D eigenvalue weighted by Gasteiger charge is 2.22. The third-order valence-electron chi connectivity index (χ3n) is 4.22. The predicted octanol–water partition coefficient (Wildman–Crippen LogP) is 5.31. The second-order valence-electron chi connectivity index (χ2n) is 6.09. The number of halogens is 1. The van der Waals surface area contributed by atoms with Gasteiger partial charge in [0.25, 0.3) is 5.91 Å². The molecule has 0 saturated heterocycles. The summed E-state index contributed by atoms with van der Waals surface area (Å²) in [6.45, 7) is 0.389. The van der Waals surface area contributed by atoms with E-state index in [1.165, 1.54) is 11.3 Å². The minimum absolute atomic E-state index is 0.121. The Labute approximate surface area is 174 Å². The fraction of sp³-hybridized carbons (Fsp3) is 0.0952. The monoisotopic (exact) mass is 453 g/mol. The Balaban J connectivity index is 1.74. The van der Waals surface area contributed by atoms with Crippen LogP contribution in [0, 0.1) is 0 Å². The van der Waals surface area contributed by atoms with Crippen molar-refractivity contribution in [2.75, 3.05) is 12.0 Å². The van der Waals surface area contributed by atoms with Gasteiger partial charge in [-0.1, -0.05) is 33.3 Å². The molecule has 0 aliphatic rings. The number of carbonyl (C=O) groups excluding carboxylic acids is 1. The van der Waals surface area contributed by atoms with Crippen molar-refractivity contribution in [2.24, 2.45) is 0 Å². The van der Waals surface area contributed by atoms with Crippen molar-refractivity contribution in [1.29, 1.82) is 0 Å². The fourth-order valence-electron chi connectivity index (χ4n) is 2.79. The molecule has 0 spiro atoms. The lowest BCUT2D eigenvalue weighted by Gasteiger charge is -2.20. The minimum atomic E-state index is -0.121. The number of thiazole rings is 1. The number of benzene rings is 2. The molecular formula is C21H16BrN3O2S. The van der Waals surface area contributed by atoms with Gasteiger partial charge < -0.3 is 4.74 Å². The van der Waals surface area contributed by atoms with Crippen LogP contribution in [0.2, 0.25) is 0 Å². The van der Waals surface area contributed by atoms with Gasteiger partial charge in [-0.3, -0.25) is 14.7 Å². The third-order valence-corrected chi connectivity index (χ3v) is 5.75. The first kappa shape index (κ1) is 18.6. The molecule has 4 rings (SSSR count). The summed E-state index contributed by atoms with van der Waals surface area (Å²) >= 11 is 4.98. The summed E-state index contributed by atoms with van der Waals surface area (Å²) in [6.07, 6.45) is 3.48. The van der Waals surface area contributed by atoms with E-state index < -0.39 is 0 Å². The Hall–Kier alpha value is -2.77. The Kier molecular flexibility index (Phi) is 5.36. The summed E-state index contributed by atoms with van der Waals surface area (Å²) in [7, 11) is 1.60. The van der Waals surface area contributed by atoms with Crippen molar-refractivity contribution >= 4 is 48.5 Å². The van der Waals surface area contributed by atoms with E-state index in [0.29, 0.717) is 23.0 Å². The molecule has 5 nitrogen and oxygen atoms in total. The van der Waals surface area contributed by atoms with Gasteiger partial charge in [0.15, 0.2) is 5.13 Å². The Morgan fingerprint density at radius 1 is 1.18 bits per heavy atom. The topological polar surface area (TPSA) is 55.3 Å². The molecule has 2 aromatic carbocycles. The molecule has 1 amide bonds. The Morgan fingerprint density at radius 3 is 2.71 bits per heavy atom. The molecule has 140 valence electrons. The molecule has 0 bridgehead atoms. The van der Waals surface area contributed by atoms with Crippen molar-refractivity contribution in [3.05, 3.63) is 82.6 Å². The number of nitrogens with zero attached hydrogens (tertiary/aromatic N) is 3. The van der Waals surface area contributed by atoms with Crippen LogP contribution >= 0.6 is 27.3 Å². The van der Waals surface area contributed by atoms with E-state index in [-0.39, 0.29) is 5.91 Å². The fourth-order valence-corrected chi connectivity index (χ4v) is 4.31. The number of hydrogen-bond donors (Lipinski definition) is 0. The standard InChI is InChI=1S/C21H16BrN3O2S/c1-27-17-7-4-15(5-8-17)20(26)25(13-14-3-2-10-23-12-14)21-24-18-9-6-16(22)11-19(18)28-21/h2-12H,13H2,1H3. The first-order valence-electron chi connectivity index (χ1n) is 8.55. The average molecular weight is 454 g/mol. The van der Waals surface area contributed by atoms with Crippen LogP contribution in [0.4, 0.5) is 5.13 Å². The van der Waals surface area contributed by atoms with Crippen molar-refractivity contribution in [1.82, 2.24) is 9.97 Å². The van der Waals surface area contributed by atoms with E-state index in [1.54, 1.807) is 48.7 Å². The highest BCUT2D eigenvalue weighted by Crippen LogP contribution is 2.32. The van der Waals surface area contributed by atoms with Crippen LogP contribution < -0.4 is 9.64 Å². The first-order valence-corrected chi connectivity index (χ1v) is 10.2. The molecule has 0 aliphatic carbocycles. The van der Waals surface area contributed by atoms with Gasteiger partial charge in [-0.2, -0.15) is 0 Å². The number of amides is 1. The molecule has 2 aromatic heterocycles. The number of ether oxygens (including phenoxy) is 1. The summed E-state index contributed by atoms with van der Waals surface area (Å²) in [5, 5.41) is 0.651. The smallest absolute Gasteiger partial charge is 0.260 e. The van der Waals surface area contributed by atoms with Crippen molar-refractivity contribution in [2.45, 2.75) is 6.54 Å². The number of aromatic nitrogens is 2. The van der Waals surface area contributed by atoms with Crippen LogP contribution in [0.15, 0.2) is 71.5 Å². The van der Waals surface area contributed by atoms with Gasteiger partial charge in [-0.15, -0.1) is 0 Å². The van der Waals surface area contributed by atoms with Crippen LogP contribution in [-0.4, -0.2) is 23.0 Å². The molecule has 0 unspecified atom stereocenters. The van der Waals surface area contributed by atoms with Gasteiger partial charge >= 0.3 is 0 Å². The predicted molar refractivity (Wildman–Crippen MR) is 115 cm³/mol. The highest BCUT2D eigenvalue weighted by atomic mass is 79.9. The maximum absolute atomic E-state index is 13.3. The molecule has 4 aromatic rings. The zero-order chi connectivity index (χ0) is 19.5. The van der Waals surface area contributed by atoms with E-state index in [1.807, 2.05) is 30.3 Å². The van der Waals surface area contributed by atoms with Gasteiger partial charge in [-0.25, -0.2) is 4.98 Å². The third kappa shape index (κ3) is 3.90. The van der Waals surface area contributed by atoms with Crippen LogP contribution in [0.1, 0.15) is 15.9 Å². The summed E-state index contributed by atoms with van der Waals surface area (Å²) in [5.74, 6) is 0.588. The molecule has 0 fully saturated rings. The lowest BCUT2D eigenvalue weighted by atomic mass is 10.2. The van der Waals surface area contributed by atoms with E-state index in [0.717, 1.165) is 20.3 Å². The van der Waals surface area contributed by atoms with Gasteiger partial charge in [0.05, 0.1) is 23.9 Å². The second kappa shape index (κ2) is 8.08. The molecular weight excluding hydrogens is 438 g/mol. The first-order chi connectivity index (χ1) is 13.6. The molecule has 0 N–H and O–H groups in total. The molecule has 0 saturated carbocycles. The molecule has 2 heterocycles. The van der Waals surface area contributed by atoms with Gasteiger partial charge in [-0.05, 0) is 54.1 Å². The molecule has 0 aliphatic heterocycles. The van der Waals surface area contributed by atoms with Gasteiger partial charge in [0.1, 0.15) is 5.75 Å². The van der Waals surface area contributed by atoms with Crippen molar-refractivity contribution in [3.63, 3.8) is 0 Å². The van der Waals surface area contributed by atoms with E-state index in [9.17, 15) is 4.79 Å². The normalized spacial score (nSPS) is 10.8. The molecule has 28 heavy (non-hydrogen) atoms. The summed E-state index contributed by atoms with van der Waals surface area (Å²) in [5.41, 5.74) is 2.37. The summed E-state index contributed by atoms with van der Waals surface area (Å²) in [6, 6.07) is 16.8. The summed E-state index contributed by atoms with van der Waals surface area (Å²) < 4.78 is 7.19. The van der Waals surface area contributed by atoms with E-state index >= 15 is 0 Å². The zero-order valence-electron chi connectivity index (χ0n) is 15.0. The number of hydrogen-bond acceptors (Lipinski definition) is 5. The maximum atomic E-state index is 13.3. The number of methoxy groups -OCH3 is 1. The molecule has 7 heteroatoms. The number of carbonyl (C=O) groups is 1. The van der Waals surface area contributed by atoms with Crippen molar-refractivity contribution < 1.29 is 9.53 Å². The number of rotatable bonds is 5. The lowest BCUT2D eigenvalue weighted by molar-refractivity contribution is 0.0985. The largest absolute Gasteiger partial charge is 0.497 e. The number of pyridine rings is 1. The van der Waals surface area contributed by atoms with Crippen molar-refractivity contribution in [3.8, 4) is 5.75 Å². The quantitative estimate of drug-likeness (QED) is 0.410. The average Bonchev–Trinajstić information content (AvgIpc) is 3.15. The second-order valence-corrected chi connectivity index (χ2v) is 8.01. The number of fused-ring (bicyclic) bond motifs is 1. The van der Waals surface area contributed by atoms with E-state index in [2.05, 4.69) is 25.9 Å². The van der Waals surface area contributed by atoms with Crippen LogP contribution in [0.25, 0.3) is 10.2 Å². The van der Waals surface area contributed by atoms with Crippen LogP contribution in [-0.2, 0) is 6.54 Å². The van der Waals surface area contributed by atoms with Crippen LogP contribution in [0.5, 0.6) is 5.75 Å². The number of anilines is 1. The molecule has 0 atom stereocenters. The lowest BCUT2D eigenvalue weighted by Crippen LogP contribution is -2.30. The van der Waals surface area contributed by atoms with Gasteiger partial charge in [0, 0.05) is 22.4 Å². The zero-order valence-corrected chi connectivity index (χ0v) is 17.4. The maximum Gasteiger partial charge on any atom is 0.260 e. The highest BCUT2D eigenvalue weighted by molar-refractivity contribution is 9.10. The minimum Gasteiger partial charge on any atom is -0.497 e. The van der Waals surface area contributed by atoms with Gasteiger partial charge in [0.2, 0.25) is 0 Å². The van der Waals surface area contributed by atoms with Crippen LogP contribution in [0.3, 0.4) is 0 Å². The van der Waals surface area contributed by atoms with E-state index in [4.69, 9.17) is 4.74 Å². The Morgan fingerprint density at radius 2 is 2.00 bits per heavy atom. The SMILES string of the molecule is COc1ccc(C(=O)N(Cc2cccnc2)c2nc3ccc(Br)cc3s2)cc1. The Bertz CT molecular complexity index is 1110.